The Morgan fingerprint density at radius 3 is 2.00 bits per heavy atom. The first kappa shape index (κ1) is 17.3. The van der Waals surface area contributed by atoms with Gasteiger partial charge in [0, 0.05) is 4.75 Å². The van der Waals surface area contributed by atoms with Crippen LogP contribution in [0, 0.1) is 0 Å². The number of hydrogen-bond acceptors (Lipinski definition) is 2. The molecule has 0 saturated carbocycles. The van der Waals surface area contributed by atoms with Crippen molar-refractivity contribution in [3.8, 4) is 0 Å². The van der Waals surface area contributed by atoms with Crippen molar-refractivity contribution in [3.63, 3.8) is 0 Å². The maximum Gasteiger partial charge on any atom is 0.416 e. The van der Waals surface area contributed by atoms with E-state index in [1.165, 1.54) is 24.1 Å². The minimum absolute atomic E-state index is 0.236. The minimum atomic E-state index is -4.22. The Bertz CT molecular complexity index is 356. The number of alkyl halides is 3. The predicted molar refractivity (Wildman–Crippen MR) is 72.4 cm³/mol. The van der Waals surface area contributed by atoms with E-state index >= 15 is 0 Å². The van der Waals surface area contributed by atoms with Crippen LogP contribution >= 0.6 is 11.9 Å². The highest BCUT2D eigenvalue weighted by Crippen LogP contribution is 2.29. The van der Waals surface area contributed by atoms with Crippen LogP contribution in [0.15, 0.2) is 24.3 Å². The van der Waals surface area contributed by atoms with Crippen LogP contribution in [0.2, 0.25) is 0 Å². The zero-order valence-corrected chi connectivity index (χ0v) is 12.0. The van der Waals surface area contributed by atoms with Crippen LogP contribution in [-0.4, -0.2) is 4.75 Å². The summed E-state index contributed by atoms with van der Waals surface area (Å²) in [7, 11) is 0. The molecule has 2 N–H and O–H groups in total. The molecule has 18 heavy (non-hydrogen) atoms. The van der Waals surface area contributed by atoms with E-state index in [9.17, 15) is 13.2 Å². The SMILES string of the molecule is CC(C)(C)SN.CCc1cccc(C(F)(F)F)c1. The molecular formula is C13H20F3NS. The van der Waals surface area contributed by atoms with E-state index in [0.29, 0.717) is 12.0 Å². The Kier molecular flexibility index (Phi) is 6.78. The third-order valence-electron chi connectivity index (χ3n) is 2.02. The molecule has 0 bridgehead atoms. The molecule has 0 saturated heterocycles. The highest BCUT2D eigenvalue weighted by atomic mass is 32.2. The molecule has 1 rings (SSSR count). The average Bonchev–Trinajstić information content (AvgIpc) is 2.28. The Morgan fingerprint density at radius 2 is 1.67 bits per heavy atom. The molecule has 0 aliphatic heterocycles. The number of hydrogen-bond donors (Lipinski definition) is 1. The first-order valence-corrected chi connectivity index (χ1v) is 6.52. The summed E-state index contributed by atoms with van der Waals surface area (Å²) in [4.78, 5) is 0. The number of aryl methyl sites for hydroxylation is 1. The van der Waals surface area contributed by atoms with Crippen LogP contribution in [0.5, 0.6) is 0 Å². The van der Waals surface area contributed by atoms with E-state index in [-0.39, 0.29) is 4.75 Å². The number of halogens is 3. The van der Waals surface area contributed by atoms with Gasteiger partial charge in [-0.2, -0.15) is 13.2 Å². The topological polar surface area (TPSA) is 26.0 Å². The minimum Gasteiger partial charge on any atom is -0.277 e. The van der Waals surface area contributed by atoms with Gasteiger partial charge in [-0.05, 0) is 38.8 Å². The molecule has 0 radical (unpaired) electrons. The molecule has 5 heteroatoms. The molecule has 0 heterocycles. The Hall–Kier alpha value is -0.680. The van der Waals surface area contributed by atoms with E-state index in [1.807, 2.05) is 6.92 Å². The van der Waals surface area contributed by atoms with Gasteiger partial charge in [0.25, 0.3) is 0 Å². The molecule has 0 aromatic heterocycles. The molecule has 1 nitrogen and oxygen atoms in total. The molecule has 0 aliphatic carbocycles. The van der Waals surface area contributed by atoms with Crippen LogP contribution < -0.4 is 5.14 Å². The Morgan fingerprint density at radius 1 is 1.17 bits per heavy atom. The van der Waals surface area contributed by atoms with Crippen LogP contribution in [0.25, 0.3) is 0 Å². The summed E-state index contributed by atoms with van der Waals surface area (Å²) in [5.74, 6) is 0. The highest BCUT2D eigenvalue weighted by Gasteiger charge is 2.30. The maximum absolute atomic E-state index is 12.1. The summed E-state index contributed by atoms with van der Waals surface area (Å²) >= 11 is 1.38. The fourth-order valence-electron chi connectivity index (χ4n) is 0.968. The molecule has 0 atom stereocenters. The lowest BCUT2D eigenvalue weighted by atomic mass is 10.1. The molecule has 0 amide bonds. The van der Waals surface area contributed by atoms with E-state index in [2.05, 4.69) is 20.8 Å². The van der Waals surface area contributed by atoms with Crippen molar-refractivity contribution in [1.29, 1.82) is 0 Å². The Balaban J connectivity index is 0.000000411. The average molecular weight is 279 g/mol. The van der Waals surface area contributed by atoms with Crippen molar-refractivity contribution in [2.45, 2.75) is 45.0 Å². The second-order valence-corrected chi connectivity index (χ2v) is 6.24. The van der Waals surface area contributed by atoms with Gasteiger partial charge in [-0.15, -0.1) is 0 Å². The summed E-state index contributed by atoms with van der Waals surface area (Å²) < 4.78 is 36.5. The zero-order chi connectivity index (χ0) is 14.4. The van der Waals surface area contributed by atoms with Gasteiger partial charge in [-0.25, -0.2) is 0 Å². The van der Waals surface area contributed by atoms with Gasteiger partial charge in [0.05, 0.1) is 5.56 Å². The van der Waals surface area contributed by atoms with Gasteiger partial charge in [-0.1, -0.05) is 37.1 Å². The van der Waals surface area contributed by atoms with Gasteiger partial charge in [0.15, 0.2) is 0 Å². The first-order chi connectivity index (χ1) is 8.10. The van der Waals surface area contributed by atoms with Crippen LogP contribution in [0.3, 0.4) is 0 Å². The molecule has 0 fully saturated rings. The van der Waals surface area contributed by atoms with Crippen LogP contribution in [0.4, 0.5) is 13.2 Å². The lowest BCUT2D eigenvalue weighted by Gasteiger charge is -2.11. The van der Waals surface area contributed by atoms with Gasteiger partial charge in [-0.3, -0.25) is 5.14 Å². The normalized spacial score (nSPS) is 11.8. The van der Waals surface area contributed by atoms with Crippen LogP contribution in [0.1, 0.15) is 38.8 Å². The molecule has 1 aromatic rings. The van der Waals surface area contributed by atoms with Crippen LogP contribution in [-0.2, 0) is 12.6 Å². The largest absolute Gasteiger partial charge is 0.416 e. The smallest absolute Gasteiger partial charge is 0.277 e. The molecule has 0 spiro atoms. The lowest BCUT2D eigenvalue weighted by molar-refractivity contribution is -0.137. The fraction of sp³-hybridized carbons (Fsp3) is 0.538. The van der Waals surface area contributed by atoms with Gasteiger partial charge < -0.3 is 0 Å². The van der Waals surface area contributed by atoms with Gasteiger partial charge >= 0.3 is 6.18 Å². The van der Waals surface area contributed by atoms with E-state index in [0.717, 1.165) is 6.07 Å². The standard InChI is InChI=1S/C9H9F3.C4H11NS/c1-2-7-4-3-5-8(6-7)9(10,11)12;1-4(2,3)6-5/h3-6H,2H2,1H3;5H2,1-3H3. The van der Waals surface area contributed by atoms with Gasteiger partial charge in [0.2, 0.25) is 0 Å². The van der Waals surface area contributed by atoms with Crippen molar-refractivity contribution in [2.24, 2.45) is 5.14 Å². The second-order valence-electron chi connectivity index (χ2n) is 4.78. The second kappa shape index (κ2) is 7.04. The molecule has 104 valence electrons. The van der Waals surface area contributed by atoms with Crippen molar-refractivity contribution in [1.82, 2.24) is 0 Å². The zero-order valence-electron chi connectivity index (χ0n) is 11.1. The first-order valence-electron chi connectivity index (χ1n) is 5.64. The molecule has 0 aliphatic rings. The van der Waals surface area contributed by atoms with E-state index < -0.39 is 11.7 Å². The Labute approximate surface area is 111 Å². The summed E-state index contributed by atoms with van der Waals surface area (Å²) in [6.07, 6.45) is -3.59. The number of benzene rings is 1. The van der Waals surface area contributed by atoms with Crippen molar-refractivity contribution >= 4 is 11.9 Å². The van der Waals surface area contributed by atoms with Crippen molar-refractivity contribution in [3.05, 3.63) is 35.4 Å². The van der Waals surface area contributed by atoms with Gasteiger partial charge in [0.1, 0.15) is 0 Å². The summed E-state index contributed by atoms with van der Waals surface area (Å²) in [5, 5.41) is 5.22. The maximum atomic E-state index is 12.1. The quantitative estimate of drug-likeness (QED) is 0.757. The van der Waals surface area contributed by atoms with Crippen molar-refractivity contribution < 1.29 is 13.2 Å². The number of rotatable bonds is 1. The highest BCUT2D eigenvalue weighted by molar-refractivity contribution is 7.98. The lowest BCUT2D eigenvalue weighted by Crippen LogP contribution is -2.09. The van der Waals surface area contributed by atoms with Crippen molar-refractivity contribution in [2.75, 3.05) is 0 Å². The third kappa shape index (κ3) is 7.61. The van der Waals surface area contributed by atoms with E-state index in [1.54, 1.807) is 6.07 Å². The monoisotopic (exact) mass is 279 g/mol. The van der Waals surface area contributed by atoms with E-state index in [4.69, 9.17) is 5.14 Å². The summed E-state index contributed by atoms with van der Waals surface area (Å²) in [6, 6.07) is 5.38. The predicted octanol–water partition coefficient (Wildman–Crippen LogP) is 4.66. The number of nitrogens with two attached hydrogens (primary N) is 1. The molecule has 0 unspecified atom stereocenters. The third-order valence-corrected chi connectivity index (χ3v) is 2.72. The summed E-state index contributed by atoms with van der Waals surface area (Å²) in [6.45, 7) is 8.07. The molecular weight excluding hydrogens is 259 g/mol. The molecule has 1 aromatic carbocycles. The summed E-state index contributed by atoms with van der Waals surface area (Å²) in [5.41, 5.74) is 0.145. The fourth-order valence-corrected chi connectivity index (χ4v) is 0.968.